The van der Waals surface area contributed by atoms with E-state index in [1.54, 1.807) is 23.1 Å². The van der Waals surface area contributed by atoms with E-state index < -0.39 is 0 Å². The quantitative estimate of drug-likeness (QED) is 0.675. The summed E-state index contributed by atoms with van der Waals surface area (Å²) in [6.45, 7) is 2.70. The van der Waals surface area contributed by atoms with Crippen LogP contribution in [0.15, 0.2) is 30.0 Å². The first kappa shape index (κ1) is 13.2. The van der Waals surface area contributed by atoms with Crippen LogP contribution in [0.25, 0.3) is 6.08 Å². The van der Waals surface area contributed by atoms with Crippen LogP contribution in [0.5, 0.6) is 0 Å². The molecular weight excluding hydrogens is 258 g/mol. The van der Waals surface area contributed by atoms with Gasteiger partial charge in [0.25, 0.3) is 5.91 Å². The second kappa shape index (κ2) is 5.63. The maximum Gasteiger partial charge on any atom is 0.274 e. The molecule has 0 bridgehead atoms. The Labute approximate surface area is 117 Å². The molecule has 0 radical (unpaired) electrons. The Bertz CT molecular complexity index is 601. The van der Waals surface area contributed by atoms with Gasteiger partial charge in [0, 0.05) is 6.54 Å². The second-order valence-electron chi connectivity index (χ2n) is 4.14. The third-order valence-electron chi connectivity index (χ3n) is 2.81. The molecule has 1 aliphatic heterocycles. The van der Waals surface area contributed by atoms with Crippen LogP contribution in [0.2, 0.25) is 0 Å². The zero-order valence-electron chi connectivity index (χ0n) is 10.5. The standard InChI is InChI=1S/C14H13N3OS/c1-2-7-17-12(13(18)16-14(17)19)8-10-5-3-4-6-11(10)9-15/h3-6,8H,2,7H2,1H3,(H,16,18,19)/b12-8+. The maximum absolute atomic E-state index is 11.9. The summed E-state index contributed by atoms with van der Waals surface area (Å²) in [5.41, 5.74) is 1.76. The van der Waals surface area contributed by atoms with Gasteiger partial charge in [0.1, 0.15) is 5.70 Å². The molecule has 1 fully saturated rings. The Kier molecular flexibility index (Phi) is 3.93. The van der Waals surface area contributed by atoms with Gasteiger partial charge in [0.05, 0.1) is 11.6 Å². The van der Waals surface area contributed by atoms with E-state index in [1.807, 2.05) is 19.1 Å². The van der Waals surface area contributed by atoms with Crippen molar-refractivity contribution >= 4 is 29.3 Å². The fourth-order valence-corrected chi connectivity index (χ4v) is 2.20. The summed E-state index contributed by atoms with van der Waals surface area (Å²) in [5.74, 6) is -0.216. The van der Waals surface area contributed by atoms with Crippen molar-refractivity contribution in [2.75, 3.05) is 6.54 Å². The second-order valence-corrected chi connectivity index (χ2v) is 4.53. The van der Waals surface area contributed by atoms with E-state index in [4.69, 9.17) is 17.5 Å². The van der Waals surface area contributed by atoms with E-state index in [-0.39, 0.29) is 5.91 Å². The molecule has 1 N–H and O–H groups in total. The molecule has 1 aromatic rings. The van der Waals surface area contributed by atoms with Crippen LogP contribution in [0.3, 0.4) is 0 Å². The van der Waals surface area contributed by atoms with Crippen molar-refractivity contribution in [3.8, 4) is 6.07 Å². The highest BCUT2D eigenvalue weighted by molar-refractivity contribution is 7.80. The summed E-state index contributed by atoms with van der Waals surface area (Å²) in [5, 5.41) is 12.1. The number of rotatable bonds is 3. The Balaban J connectivity index is 2.43. The lowest BCUT2D eigenvalue weighted by Gasteiger charge is -2.16. The Morgan fingerprint density at radius 3 is 2.89 bits per heavy atom. The minimum absolute atomic E-state index is 0.216. The number of carbonyl (C=O) groups is 1. The van der Waals surface area contributed by atoms with E-state index >= 15 is 0 Å². The summed E-state index contributed by atoms with van der Waals surface area (Å²) in [6, 6.07) is 9.28. The zero-order chi connectivity index (χ0) is 13.8. The molecule has 0 aliphatic carbocycles. The van der Waals surface area contributed by atoms with E-state index in [0.29, 0.717) is 22.9 Å². The van der Waals surface area contributed by atoms with Gasteiger partial charge in [-0.1, -0.05) is 25.1 Å². The van der Waals surface area contributed by atoms with Crippen LogP contribution in [-0.4, -0.2) is 22.5 Å². The molecule has 0 aromatic heterocycles. The largest absolute Gasteiger partial charge is 0.314 e. The highest BCUT2D eigenvalue weighted by atomic mass is 32.1. The molecule has 19 heavy (non-hydrogen) atoms. The summed E-state index contributed by atoms with van der Waals surface area (Å²) in [4.78, 5) is 13.7. The predicted octanol–water partition coefficient (Wildman–Crippen LogP) is 2.03. The first-order chi connectivity index (χ1) is 9.17. The molecule has 2 rings (SSSR count). The summed E-state index contributed by atoms with van der Waals surface area (Å²) >= 11 is 5.13. The molecule has 0 atom stereocenters. The molecule has 0 spiro atoms. The van der Waals surface area contributed by atoms with Gasteiger partial charge in [0.15, 0.2) is 5.11 Å². The van der Waals surface area contributed by atoms with Gasteiger partial charge in [-0.25, -0.2) is 0 Å². The van der Waals surface area contributed by atoms with Gasteiger partial charge in [-0.15, -0.1) is 0 Å². The number of nitrogens with zero attached hydrogens (tertiary/aromatic N) is 2. The Morgan fingerprint density at radius 1 is 1.47 bits per heavy atom. The van der Waals surface area contributed by atoms with E-state index in [0.717, 1.165) is 12.0 Å². The first-order valence-electron chi connectivity index (χ1n) is 6.01. The first-order valence-corrected chi connectivity index (χ1v) is 6.42. The molecular formula is C14H13N3OS. The average molecular weight is 271 g/mol. The molecule has 1 saturated heterocycles. The maximum atomic E-state index is 11.9. The number of hydrogen-bond donors (Lipinski definition) is 1. The third kappa shape index (κ3) is 2.64. The molecule has 1 aliphatic rings. The molecule has 1 amide bonds. The lowest BCUT2D eigenvalue weighted by Crippen LogP contribution is -2.27. The van der Waals surface area contributed by atoms with Gasteiger partial charge in [-0.2, -0.15) is 5.26 Å². The summed E-state index contributed by atoms with van der Waals surface area (Å²) < 4.78 is 0. The van der Waals surface area contributed by atoms with Crippen LogP contribution < -0.4 is 5.32 Å². The predicted molar refractivity (Wildman–Crippen MR) is 76.9 cm³/mol. The molecule has 5 heteroatoms. The van der Waals surface area contributed by atoms with Crippen molar-refractivity contribution in [2.45, 2.75) is 13.3 Å². The van der Waals surface area contributed by atoms with Crippen molar-refractivity contribution in [1.29, 1.82) is 5.26 Å². The van der Waals surface area contributed by atoms with Crippen molar-refractivity contribution in [3.05, 3.63) is 41.1 Å². The summed E-state index contributed by atoms with van der Waals surface area (Å²) in [7, 11) is 0. The lowest BCUT2D eigenvalue weighted by atomic mass is 10.1. The monoisotopic (exact) mass is 271 g/mol. The van der Waals surface area contributed by atoms with Crippen molar-refractivity contribution in [3.63, 3.8) is 0 Å². The van der Waals surface area contributed by atoms with Gasteiger partial charge < -0.3 is 4.90 Å². The van der Waals surface area contributed by atoms with Gasteiger partial charge >= 0.3 is 0 Å². The molecule has 1 heterocycles. The number of benzene rings is 1. The Hall–Kier alpha value is -2.19. The minimum atomic E-state index is -0.216. The fourth-order valence-electron chi connectivity index (χ4n) is 1.92. The summed E-state index contributed by atoms with van der Waals surface area (Å²) in [6.07, 6.45) is 2.59. The van der Waals surface area contributed by atoms with E-state index in [1.165, 1.54) is 0 Å². The number of nitrogens with one attached hydrogen (secondary N) is 1. The number of carbonyl (C=O) groups excluding carboxylic acids is 1. The normalized spacial score (nSPS) is 16.6. The van der Waals surface area contributed by atoms with Crippen molar-refractivity contribution in [1.82, 2.24) is 10.2 Å². The van der Waals surface area contributed by atoms with Gasteiger partial charge in [-0.05, 0) is 36.3 Å². The molecule has 96 valence electrons. The topological polar surface area (TPSA) is 56.1 Å². The number of nitriles is 1. The van der Waals surface area contributed by atoms with E-state index in [9.17, 15) is 4.79 Å². The number of hydrogen-bond acceptors (Lipinski definition) is 3. The van der Waals surface area contributed by atoms with Gasteiger partial charge in [-0.3, -0.25) is 10.1 Å². The van der Waals surface area contributed by atoms with Crippen LogP contribution in [0.1, 0.15) is 24.5 Å². The van der Waals surface area contributed by atoms with Crippen LogP contribution in [0.4, 0.5) is 0 Å². The molecule has 0 unspecified atom stereocenters. The third-order valence-corrected chi connectivity index (χ3v) is 3.13. The van der Waals surface area contributed by atoms with Crippen molar-refractivity contribution < 1.29 is 4.79 Å². The van der Waals surface area contributed by atoms with Crippen LogP contribution in [-0.2, 0) is 4.79 Å². The lowest BCUT2D eigenvalue weighted by molar-refractivity contribution is -0.115. The van der Waals surface area contributed by atoms with Crippen LogP contribution in [0, 0.1) is 11.3 Å². The van der Waals surface area contributed by atoms with Crippen LogP contribution >= 0.6 is 12.2 Å². The van der Waals surface area contributed by atoms with E-state index in [2.05, 4.69) is 11.4 Å². The molecule has 4 nitrogen and oxygen atoms in total. The highest BCUT2D eigenvalue weighted by Gasteiger charge is 2.29. The molecule has 1 aromatic carbocycles. The average Bonchev–Trinajstić information content (AvgIpc) is 2.67. The van der Waals surface area contributed by atoms with Gasteiger partial charge in [0.2, 0.25) is 0 Å². The number of amides is 1. The number of thiocarbonyl (C=S) groups is 1. The Morgan fingerprint density at radius 2 is 2.21 bits per heavy atom. The smallest absolute Gasteiger partial charge is 0.274 e. The SMILES string of the molecule is CCCN1C(=S)NC(=O)/C1=C\c1ccccc1C#N. The fraction of sp³-hybridized carbons (Fsp3) is 0.214. The highest BCUT2D eigenvalue weighted by Crippen LogP contribution is 2.19. The van der Waals surface area contributed by atoms with Crippen molar-refractivity contribution in [2.24, 2.45) is 0 Å². The molecule has 0 saturated carbocycles. The zero-order valence-corrected chi connectivity index (χ0v) is 11.3. The minimum Gasteiger partial charge on any atom is -0.314 e.